The van der Waals surface area contributed by atoms with Gasteiger partial charge < -0.3 is 16.0 Å². The van der Waals surface area contributed by atoms with Gasteiger partial charge in [0.25, 0.3) is 5.91 Å². The highest BCUT2D eigenvalue weighted by Crippen LogP contribution is 2.21. The van der Waals surface area contributed by atoms with Crippen molar-refractivity contribution >= 4 is 11.8 Å². The van der Waals surface area contributed by atoms with Crippen molar-refractivity contribution in [3.63, 3.8) is 0 Å². The van der Waals surface area contributed by atoms with Gasteiger partial charge in [-0.15, -0.1) is 0 Å². The normalized spacial score (nSPS) is 17.4. The van der Waals surface area contributed by atoms with Crippen molar-refractivity contribution < 1.29 is 9.59 Å². The van der Waals surface area contributed by atoms with E-state index < -0.39 is 6.04 Å². The summed E-state index contributed by atoms with van der Waals surface area (Å²) >= 11 is 0. The van der Waals surface area contributed by atoms with E-state index in [4.69, 9.17) is 5.73 Å². The lowest BCUT2D eigenvalue weighted by molar-refractivity contribution is -0.133. The van der Waals surface area contributed by atoms with E-state index in [2.05, 4.69) is 15.4 Å². The van der Waals surface area contributed by atoms with E-state index in [1.54, 1.807) is 30.1 Å². The lowest BCUT2D eigenvalue weighted by atomic mass is 9.90. The predicted octanol–water partition coefficient (Wildman–Crippen LogP) is 0.971. The molecule has 1 fully saturated rings. The smallest absolute Gasteiger partial charge is 0.251 e. The van der Waals surface area contributed by atoms with E-state index in [-0.39, 0.29) is 17.9 Å². The van der Waals surface area contributed by atoms with E-state index in [9.17, 15) is 9.59 Å². The monoisotopic (exact) mass is 370 g/mol. The fourth-order valence-electron chi connectivity index (χ4n) is 3.42. The van der Waals surface area contributed by atoms with Crippen molar-refractivity contribution in [2.45, 2.75) is 38.8 Å². The number of rotatable bonds is 5. The highest BCUT2D eigenvalue weighted by Gasteiger charge is 2.28. The highest BCUT2D eigenvalue weighted by atomic mass is 16.2. The van der Waals surface area contributed by atoms with Crippen LogP contribution in [0.3, 0.4) is 0 Å². The molecule has 0 bridgehead atoms. The van der Waals surface area contributed by atoms with Crippen LogP contribution in [0.4, 0.5) is 0 Å². The summed E-state index contributed by atoms with van der Waals surface area (Å²) in [4.78, 5) is 30.2. The lowest BCUT2D eigenvalue weighted by Gasteiger charge is -2.35. The number of piperidine rings is 1. The van der Waals surface area contributed by atoms with E-state index in [1.807, 2.05) is 24.0 Å². The summed E-state index contributed by atoms with van der Waals surface area (Å²) in [7, 11) is 0. The molecule has 2 heterocycles. The molecule has 2 amide bonds. The van der Waals surface area contributed by atoms with Crippen LogP contribution in [0.2, 0.25) is 0 Å². The molecule has 1 aliphatic rings. The van der Waals surface area contributed by atoms with Crippen molar-refractivity contribution in [1.82, 2.24) is 25.0 Å². The molecule has 1 aliphatic heterocycles. The number of hydrogen-bond donors (Lipinski definition) is 2. The fourth-order valence-corrected chi connectivity index (χ4v) is 3.42. The zero-order valence-corrected chi connectivity index (χ0v) is 15.7. The molecule has 0 spiro atoms. The summed E-state index contributed by atoms with van der Waals surface area (Å²) in [5.41, 5.74) is 7.13. The molecule has 2 atom stereocenters. The second-order valence-corrected chi connectivity index (χ2v) is 7.10. The van der Waals surface area contributed by atoms with Crippen molar-refractivity contribution in [1.29, 1.82) is 0 Å². The molecule has 3 rings (SSSR count). The number of aromatic nitrogens is 3. The van der Waals surface area contributed by atoms with Crippen molar-refractivity contribution in [3.8, 4) is 5.69 Å². The third-order valence-corrected chi connectivity index (χ3v) is 5.12. The number of amides is 2. The number of hydrogen-bond acceptors (Lipinski definition) is 5. The molecule has 0 aliphatic carbocycles. The Kier molecular flexibility index (Phi) is 5.85. The number of nitrogens with two attached hydrogens (primary N) is 1. The number of carbonyl (C=O) groups excluding carboxylic acids is 2. The van der Waals surface area contributed by atoms with Gasteiger partial charge in [-0.1, -0.05) is 0 Å². The molecular weight excluding hydrogens is 344 g/mol. The number of carbonyl (C=O) groups is 2. The zero-order valence-electron chi connectivity index (χ0n) is 15.7. The Labute approximate surface area is 158 Å². The summed E-state index contributed by atoms with van der Waals surface area (Å²) in [6, 6.07) is 6.82. The van der Waals surface area contributed by atoms with Crippen LogP contribution in [-0.4, -0.2) is 56.7 Å². The Morgan fingerprint density at radius 3 is 2.41 bits per heavy atom. The Morgan fingerprint density at radius 2 is 1.85 bits per heavy atom. The van der Waals surface area contributed by atoms with Crippen LogP contribution in [0.25, 0.3) is 5.69 Å². The lowest BCUT2D eigenvalue weighted by Crippen LogP contribution is -2.49. The van der Waals surface area contributed by atoms with Crippen molar-refractivity contribution in [2.75, 3.05) is 13.1 Å². The average Bonchev–Trinajstić information content (AvgIpc) is 3.22. The number of nitrogens with one attached hydrogen (secondary N) is 1. The van der Waals surface area contributed by atoms with E-state index in [0.717, 1.165) is 18.5 Å². The van der Waals surface area contributed by atoms with E-state index in [0.29, 0.717) is 24.6 Å². The molecule has 2 aromatic rings. The minimum absolute atomic E-state index is 0.00221. The number of nitrogens with zero attached hydrogens (tertiary/aromatic N) is 4. The molecule has 0 radical (unpaired) electrons. The molecule has 8 nitrogen and oxygen atoms in total. The first kappa shape index (κ1) is 19.0. The number of likely N-dealkylation sites (tertiary alicyclic amines) is 1. The van der Waals surface area contributed by atoms with Crippen LogP contribution in [0.15, 0.2) is 36.9 Å². The van der Waals surface area contributed by atoms with Gasteiger partial charge in [0.2, 0.25) is 5.91 Å². The predicted molar refractivity (Wildman–Crippen MR) is 101 cm³/mol. The quantitative estimate of drug-likeness (QED) is 0.816. The molecular formula is C19H26N6O2. The van der Waals surface area contributed by atoms with Gasteiger partial charge in [0.15, 0.2) is 0 Å². The van der Waals surface area contributed by atoms with Crippen LogP contribution in [0, 0.1) is 5.92 Å². The molecule has 1 aromatic heterocycles. The molecule has 1 aromatic carbocycles. The van der Waals surface area contributed by atoms with Crippen LogP contribution < -0.4 is 11.1 Å². The first-order chi connectivity index (χ1) is 13.0. The van der Waals surface area contributed by atoms with Crippen LogP contribution in [0.1, 0.15) is 37.0 Å². The summed E-state index contributed by atoms with van der Waals surface area (Å²) in [6.45, 7) is 5.12. The van der Waals surface area contributed by atoms with Crippen molar-refractivity contribution in [3.05, 3.63) is 42.5 Å². The minimum Gasteiger partial charge on any atom is -0.349 e. The van der Waals surface area contributed by atoms with Crippen LogP contribution in [0.5, 0.6) is 0 Å². The number of benzene rings is 1. The minimum atomic E-state index is -0.459. The average molecular weight is 370 g/mol. The molecule has 27 heavy (non-hydrogen) atoms. The summed E-state index contributed by atoms with van der Waals surface area (Å²) in [6.07, 6.45) is 4.81. The Balaban J connectivity index is 1.53. The molecule has 144 valence electrons. The van der Waals surface area contributed by atoms with Crippen LogP contribution >= 0.6 is 0 Å². The van der Waals surface area contributed by atoms with Crippen molar-refractivity contribution in [2.24, 2.45) is 11.7 Å². The Bertz CT molecular complexity index is 764. The SMILES string of the molecule is CC(N)C(=O)N1CCC(C(C)NC(=O)c2ccc(-n3cncn3)cc2)CC1. The maximum absolute atomic E-state index is 12.5. The van der Waals surface area contributed by atoms with Gasteiger partial charge >= 0.3 is 0 Å². The third-order valence-electron chi connectivity index (χ3n) is 5.12. The van der Waals surface area contributed by atoms with Gasteiger partial charge in [-0.2, -0.15) is 5.10 Å². The van der Waals surface area contributed by atoms with Gasteiger partial charge in [0, 0.05) is 24.7 Å². The van der Waals surface area contributed by atoms with Gasteiger partial charge in [0.05, 0.1) is 11.7 Å². The van der Waals surface area contributed by atoms with E-state index >= 15 is 0 Å². The van der Waals surface area contributed by atoms with E-state index in [1.165, 1.54) is 6.33 Å². The highest BCUT2D eigenvalue weighted by molar-refractivity contribution is 5.94. The Morgan fingerprint density at radius 1 is 1.19 bits per heavy atom. The topological polar surface area (TPSA) is 106 Å². The summed E-state index contributed by atoms with van der Waals surface area (Å²) < 4.78 is 1.64. The first-order valence-corrected chi connectivity index (χ1v) is 9.26. The Hall–Kier alpha value is -2.74. The van der Waals surface area contributed by atoms with Gasteiger partial charge in [-0.05, 0) is 56.9 Å². The molecule has 2 unspecified atom stereocenters. The molecule has 0 saturated carbocycles. The summed E-state index contributed by atoms with van der Waals surface area (Å²) in [5.74, 6) is 0.250. The molecule has 1 saturated heterocycles. The largest absolute Gasteiger partial charge is 0.349 e. The third kappa shape index (κ3) is 4.51. The van der Waals surface area contributed by atoms with Gasteiger partial charge in [-0.3, -0.25) is 9.59 Å². The van der Waals surface area contributed by atoms with Crippen LogP contribution in [-0.2, 0) is 4.79 Å². The van der Waals surface area contributed by atoms with Gasteiger partial charge in [-0.25, -0.2) is 9.67 Å². The first-order valence-electron chi connectivity index (χ1n) is 9.26. The molecule has 8 heteroatoms. The maximum atomic E-state index is 12.5. The standard InChI is InChI=1S/C19H26N6O2/c1-13(20)19(27)24-9-7-15(8-10-24)14(2)23-18(26)16-3-5-17(6-4-16)25-12-21-11-22-25/h3-6,11-15H,7-10,20H2,1-2H3,(H,23,26). The summed E-state index contributed by atoms with van der Waals surface area (Å²) in [5, 5.41) is 7.15. The molecule has 3 N–H and O–H groups in total. The zero-order chi connectivity index (χ0) is 19.4. The van der Waals surface area contributed by atoms with Gasteiger partial charge in [0.1, 0.15) is 12.7 Å². The fraction of sp³-hybridized carbons (Fsp3) is 0.474. The second-order valence-electron chi connectivity index (χ2n) is 7.10. The second kappa shape index (κ2) is 8.30. The maximum Gasteiger partial charge on any atom is 0.251 e.